The highest BCUT2D eigenvalue weighted by atomic mass is 79.9. The second-order valence-electron chi connectivity index (χ2n) is 3.86. The highest BCUT2D eigenvalue weighted by Gasteiger charge is 2.18. The van der Waals surface area contributed by atoms with Gasteiger partial charge in [-0.15, -0.1) is 0 Å². The van der Waals surface area contributed by atoms with Crippen LogP contribution in [-0.4, -0.2) is 9.97 Å². The van der Waals surface area contributed by atoms with Gasteiger partial charge >= 0.3 is 0 Å². The summed E-state index contributed by atoms with van der Waals surface area (Å²) in [7, 11) is 0. The predicted octanol–water partition coefficient (Wildman–Crippen LogP) is 2.85. The van der Waals surface area contributed by atoms with Crippen LogP contribution in [0, 0.1) is 6.92 Å². The van der Waals surface area contributed by atoms with Crippen LogP contribution in [0.25, 0.3) is 0 Å². The van der Waals surface area contributed by atoms with Crippen LogP contribution in [0.5, 0.6) is 0 Å². The molecule has 1 heterocycles. The van der Waals surface area contributed by atoms with E-state index in [2.05, 4.69) is 46.7 Å². The van der Waals surface area contributed by atoms with Gasteiger partial charge in [-0.05, 0) is 22.9 Å². The van der Waals surface area contributed by atoms with E-state index >= 15 is 0 Å². The minimum Gasteiger partial charge on any atom is -0.240 e. The van der Waals surface area contributed by atoms with E-state index in [1.54, 1.807) is 0 Å². The van der Waals surface area contributed by atoms with Gasteiger partial charge in [0.1, 0.15) is 5.82 Å². The summed E-state index contributed by atoms with van der Waals surface area (Å²) >= 11 is 3.44. The summed E-state index contributed by atoms with van der Waals surface area (Å²) in [5.41, 5.74) is 1.14. The quantitative estimate of drug-likeness (QED) is 0.683. The molecule has 0 saturated heterocycles. The van der Waals surface area contributed by atoms with Gasteiger partial charge in [0, 0.05) is 11.6 Å². The lowest BCUT2D eigenvalue weighted by atomic mass is 9.92. The van der Waals surface area contributed by atoms with Gasteiger partial charge in [0.05, 0.1) is 10.2 Å². The number of aryl methyl sites for hydroxylation is 1. The van der Waals surface area contributed by atoms with Crippen LogP contribution in [0.3, 0.4) is 0 Å². The van der Waals surface area contributed by atoms with E-state index in [0.717, 1.165) is 16.0 Å². The average molecular weight is 229 g/mol. The number of halogens is 1. The number of hydrogen-bond acceptors (Lipinski definition) is 2. The Hall–Kier alpha value is -0.440. The largest absolute Gasteiger partial charge is 0.240 e. The van der Waals surface area contributed by atoms with E-state index in [1.807, 2.05) is 13.1 Å². The topological polar surface area (TPSA) is 25.8 Å². The molecule has 0 N–H and O–H groups in total. The van der Waals surface area contributed by atoms with Crippen molar-refractivity contribution in [1.82, 2.24) is 9.97 Å². The molecule has 2 nitrogen and oxygen atoms in total. The van der Waals surface area contributed by atoms with E-state index in [9.17, 15) is 0 Å². The van der Waals surface area contributed by atoms with Crippen LogP contribution in [-0.2, 0) is 5.41 Å². The minimum atomic E-state index is 0.0759. The maximum absolute atomic E-state index is 4.39. The summed E-state index contributed by atoms with van der Waals surface area (Å²) in [6.45, 7) is 8.32. The maximum atomic E-state index is 4.39. The SMILES string of the molecule is Cc1ncc(Br)c(C(C)(C)C)n1. The predicted molar refractivity (Wildman–Crippen MR) is 53.2 cm³/mol. The molecule has 0 spiro atoms. The van der Waals surface area contributed by atoms with Crippen molar-refractivity contribution in [2.24, 2.45) is 0 Å². The first-order valence-corrected chi connectivity index (χ1v) is 4.70. The summed E-state index contributed by atoms with van der Waals surface area (Å²) in [6.07, 6.45) is 1.81. The second kappa shape index (κ2) is 3.13. The summed E-state index contributed by atoms with van der Waals surface area (Å²) in [5.74, 6) is 0.822. The Labute approximate surface area is 81.6 Å². The van der Waals surface area contributed by atoms with Crippen molar-refractivity contribution < 1.29 is 0 Å². The molecule has 66 valence electrons. The first-order valence-electron chi connectivity index (χ1n) is 3.91. The number of nitrogens with zero attached hydrogens (tertiary/aromatic N) is 2. The van der Waals surface area contributed by atoms with Crippen molar-refractivity contribution in [3.63, 3.8) is 0 Å². The summed E-state index contributed by atoms with van der Waals surface area (Å²) in [6, 6.07) is 0. The fourth-order valence-electron chi connectivity index (χ4n) is 0.981. The van der Waals surface area contributed by atoms with Crippen LogP contribution in [0.1, 0.15) is 32.3 Å². The lowest BCUT2D eigenvalue weighted by molar-refractivity contribution is 0.560. The lowest BCUT2D eigenvalue weighted by Crippen LogP contribution is -2.15. The van der Waals surface area contributed by atoms with Gasteiger partial charge in [0.15, 0.2) is 0 Å². The number of hydrogen-bond donors (Lipinski definition) is 0. The molecule has 0 amide bonds. The standard InChI is InChI=1S/C9H13BrN2/c1-6-11-5-7(10)8(12-6)9(2,3)4/h5H,1-4H3. The van der Waals surface area contributed by atoms with E-state index in [4.69, 9.17) is 0 Å². The molecule has 0 aliphatic carbocycles. The third kappa shape index (κ3) is 2.03. The molecule has 0 aliphatic heterocycles. The molecular weight excluding hydrogens is 216 g/mol. The van der Waals surface area contributed by atoms with E-state index in [1.165, 1.54) is 0 Å². The molecular formula is C9H13BrN2. The third-order valence-corrected chi connectivity index (χ3v) is 2.16. The lowest BCUT2D eigenvalue weighted by Gasteiger charge is -2.19. The van der Waals surface area contributed by atoms with Crippen LogP contribution in [0.15, 0.2) is 10.7 Å². The molecule has 0 aliphatic rings. The zero-order valence-electron chi connectivity index (χ0n) is 7.85. The van der Waals surface area contributed by atoms with Crippen molar-refractivity contribution >= 4 is 15.9 Å². The first kappa shape index (κ1) is 9.65. The van der Waals surface area contributed by atoms with Crippen LogP contribution < -0.4 is 0 Å². The molecule has 1 aromatic rings. The molecule has 0 aromatic carbocycles. The fourth-order valence-corrected chi connectivity index (χ4v) is 1.77. The maximum Gasteiger partial charge on any atom is 0.125 e. The van der Waals surface area contributed by atoms with Gasteiger partial charge in [-0.2, -0.15) is 0 Å². The van der Waals surface area contributed by atoms with E-state index in [-0.39, 0.29) is 5.41 Å². The van der Waals surface area contributed by atoms with Gasteiger partial charge in [0.2, 0.25) is 0 Å². The average Bonchev–Trinajstić information content (AvgIpc) is 1.92. The highest BCUT2D eigenvalue weighted by Crippen LogP contribution is 2.26. The summed E-state index contributed by atoms with van der Waals surface area (Å²) < 4.78 is 0.987. The van der Waals surface area contributed by atoms with Crippen molar-refractivity contribution in [3.8, 4) is 0 Å². The molecule has 0 unspecified atom stereocenters. The number of rotatable bonds is 0. The highest BCUT2D eigenvalue weighted by molar-refractivity contribution is 9.10. The summed E-state index contributed by atoms with van der Waals surface area (Å²) in [5, 5.41) is 0. The van der Waals surface area contributed by atoms with Gasteiger partial charge < -0.3 is 0 Å². The van der Waals surface area contributed by atoms with E-state index < -0.39 is 0 Å². The van der Waals surface area contributed by atoms with Crippen LogP contribution in [0.4, 0.5) is 0 Å². The molecule has 1 rings (SSSR count). The van der Waals surface area contributed by atoms with Crippen molar-refractivity contribution in [2.45, 2.75) is 33.1 Å². The van der Waals surface area contributed by atoms with Crippen molar-refractivity contribution in [2.75, 3.05) is 0 Å². The Bertz CT molecular complexity index is 289. The van der Waals surface area contributed by atoms with Crippen molar-refractivity contribution in [1.29, 1.82) is 0 Å². The molecule has 3 heteroatoms. The Balaban J connectivity index is 3.23. The second-order valence-corrected chi connectivity index (χ2v) is 4.72. The molecule has 0 bridgehead atoms. The Morgan fingerprint density at radius 1 is 1.33 bits per heavy atom. The molecule has 0 fully saturated rings. The zero-order chi connectivity index (χ0) is 9.35. The molecule has 0 atom stereocenters. The Kier molecular flexibility index (Phi) is 2.52. The molecule has 0 radical (unpaired) electrons. The van der Waals surface area contributed by atoms with Crippen LogP contribution >= 0.6 is 15.9 Å². The zero-order valence-corrected chi connectivity index (χ0v) is 9.44. The minimum absolute atomic E-state index is 0.0759. The molecule has 0 saturated carbocycles. The molecule has 1 aromatic heterocycles. The van der Waals surface area contributed by atoms with Gasteiger partial charge in [-0.3, -0.25) is 0 Å². The first-order chi connectivity index (χ1) is 5.41. The number of aromatic nitrogens is 2. The monoisotopic (exact) mass is 228 g/mol. The third-order valence-electron chi connectivity index (χ3n) is 1.57. The van der Waals surface area contributed by atoms with Gasteiger partial charge in [0.25, 0.3) is 0 Å². The molecule has 12 heavy (non-hydrogen) atoms. The van der Waals surface area contributed by atoms with Crippen LogP contribution in [0.2, 0.25) is 0 Å². The Morgan fingerprint density at radius 3 is 2.33 bits per heavy atom. The van der Waals surface area contributed by atoms with E-state index in [0.29, 0.717) is 0 Å². The van der Waals surface area contributed by atoms with Gasteiger partial charge in [-0.25, -0.2) is 9.97 Å². The fraction of sp³-hybridized carbons (Fsp3) is 0.556. The van der Waals surface area contributed by atoms with Crippen molar-refractivity contribution in [3.05, 3.63) is 22.2 Å². The summed E-state index contributed by atoms with van der Waals surface area (Å²) in [4.78, 5) is 8.48. The van der Waals surface area contributed by atoms with Gasteiger partial charge in [-0.1, -0.05) is 20.8 Å². The smallest absolute Gasteiger partial charge is 0.125 e. The Morgan fingerprint density at radius 2 is 1.92 bits per heavy atom. The normalized spacial score (nSPS) is 11.8.